The number of rotatable bonds is 31. The molecule has 0 saturated carbocycles. The van der Waals surface area contributed by atoms with Crippen LogP contribution in [0.3, 0.4) is 0 Å². The normalized spacial score (nSPS) is 19.5. The van der Waals surface area contributed by atoms with Gasteiger partial charge in [0.2, 0.25) is 5.69 Å². The fraction of sp³-hybridized carbons (Fsp3) is 0.522. The molecule has 4 rings (SSSR count). The molecular weight excluding hydrogens is 933 g/mol. The summed E-state index contributed by atoms with van der Waals surface area (Å²) in [4.78, 5) is 12.4. The third kappa shape index (κ3) is 16.0. The highest BCUT2D eigenvalue weighted by molar-refractivity contribution is 7.86. The van der Waals surface area contributed by atoms with Crippen molar-refractivity contribution in [3.63, 3.8) is 0 Å². The quantitative estimate of drug-likeness (QED) is 0.0361. The standard InChI is InChI=1S/C46H64N2O16S3/c1-45(21-13-33-65(51,52)53)38-34-36(66(54,55)56)18-20-41(38)48(24-26-62-29-30-64-32-31-63-28-27-61-4)42(45)14-9-6-5-7-10-15-43-46(2,22-25-60-3)39-35-37(67(57,58)59)17-19-40(39)47(43)23-12-8-11-16-44(49)50/h5-7,9-10,14-15,17-20,34-35H,8,11-13,16,21-33H2,1-4H3,(H3-,49,50,51,52,53,54,55,56,57,58,59). The van der Waals surface area contributed by atoms with Crippen LogP contribution in [0.2, 0.25) is 0 Å². The number of hydrogen-bond acceptors (Lipinski definition) is 14. The molecule has 2 aliphatic rings. The molecule has 3 N–H and O–H groups in total. The summed E-state index contributed by atoms with van der Waals surface area (Å²) < 4.78 is 133. The van der Waals surface area contributed by atoms with E-state index >= 15 is 0 Å². The first-order chi connectivity index (χ1) is 31.7. The van der Waals surface area contributed by atoms with Crippen LogP contribution in [0.4, 0.5) is 11.4 Å². The summed E-state index contributed by atoms with van der Waals surface area (Å²) in [7, 11) is -10.5. The highest BCUT2D eigenvalue weighted by Crippen LogP contribution is 2.51. The number of benzene rings is 2. The highest BCUT2D eigenvalue weighted by Gasteiger charge is 2.48. The fourth-order valence-electron chi connectivity index (χ4n) is 8.35. The molecule has 0 spiro atoms. The molecule has 2 aliphatic heterocycles. The Hall–Kier alpha value is -4.13. The van der Waals surface area contributed by atoms with Gasteiger partial charge in [-0.15, -0.1) is 0 Å². The second-order valence-electron chi connectivity index (χ2n) is 16.5. The zero-order chi connectivity index (χ0) is 49.3. The van der Waals surface area contributed by atoms with Crippen LogP contribution >= 0.6 is 0 Å². The summed E-state index contributed by atoms with van der Waals surface area (Å²) >= 11 is 0. The average molecular weight is 997 g/mol. The molecule has 0 radical (unpaired) electrons. The number of unbranched alkanes of at least 4 members (excludes halogenated alkanes) is 2. The van der Waals surface area contributed by atoms with Crippen molar-refractivity contribution < 1.29 is 77.1 Å². The van der Waals surface area contributed by atoms with Crippen LogP contribution in [-0.4, -0.2) is 146 Å². The van der Waals surface area contributed by atoms with Crippen LogP contribution in [0.15, 0.2) is 94.4 Å². The summed E-state index contributed by atoms with van der Waals surface area (Å²) in [5.74, 6) is -1.40. The Morgan fingerprint density at radius 2 is 1.33 bits per heavy atom. The van der Waals surface area contributed by atoms with E-state index < -0.39 is 57.8 Å². The van der Waals surface area contributed by atoms with Crippen molar-refractivity contribution in [2.45, 2.75) is 79.4 Å². The smallest absolute Gasteiger partial charge is 0.303 e. The summed E-state index contributed by atoms with van der Waals surface area (Å²) in [5.41, 5.74) is 2.33. The van der Waals surface area contributed by atoms with Crippen molar-refractivity contribution in [1.29, 1.82) is 0 Å². The van der Waals surface area contributed by atoms with Crippen LogP contribution in [-0.2, 0) is 69.7 Å². The summed E-state index contributed by atoms with van der Waals surface area (Å²) in [6, 6.07) is 8.61. The Morgan fingerprint density at radius 1 is 0.716 bits per heavy atom. The minimum atomic E-state index is -4.85. The van der Waals surface area contributed by atoms with Crippen molar-refractivity contribution in [2.75, 3.05) is 90.8 Å². The van der Waals surface area contributed by atoms with E-state index in [2.05, 4.69) is 4.58 Å². The number of aliphatic carboxylic acids is 1. The first kappa shape index (κ1) is 55.5. The zero-order valence-corrected chi connectivity index (χ0v) is 41.0. The molecule has 372 valence electrons. The van der Waals surface area contributed by atoms with E-state index in [0.717, 1.165) is 11.4 Å². The maximum atomic E-state index is 12.2. The first-order valence-electron chi connectivity index (χ1n) is 21.9. The van der Waals surface area contributed by atoms with Gasteiger partial charge in [0.1, 0.15) is 16.7 Å². The molecule has 18 nitrogen and oxygen atoms in total. The third-order valence-corrected chi connectivity index (χ3v) is 14.2. The molecule has 2 heterocycles. The molecule has 0 amide bonds. The number of allylic oxidation sites excluding steroid dienone is 8. The topological polar surface area (TPSA) is 256 Å². The lowest BCUT2D eigenvalue weighted by atomic mass is 9.76. The SMILES string of the molecule is COCCOCCOCCOCCN1/C(=C/C=C/C=C/C=C/C2=[N+](CCCCCC(=O)O)c3ccc(S(=O)(=O)O)cc3C2(C)CCOC)C(C)(CCCS(=O)(=O)O)c2cc(S(=O)(=O)[O-])ccc21. The number of nitrogens with zero attached hydrogens (tertiary/aromatic N) is 2. The number of carboxylic acid groups (broad SMARTS) is 1. The second-order valence-corrected chi connectivity index (χ2v) is 20.9. The molecule has 2 unspecified atom stereocenters. The van der Waals surface area contributed by atoms with Gasteiger partial charge in [0, 0.05) is 74.7 Å². The third-order valence-electron chi connectivity index (χ3n) is 11.8. The summed E-state index contributed by atoms with van der Waals surface area (Å²) in [5, 5.41) is 9.13. The lowest BCUT2D eigenvalue weighted by molar-refractivity contribution is -0.438. The predicted octanol–water partition coefficient (Wildman–Crippen LogP) is 5.57. The molecule has 2 aromatic carbocycles. The maximum absolute atomic E-state index is 12.2. The molecule has 0 bridgehead atoms. The van der Waals surface area contributed by atoms with Crippen LogP contribution in [0, 0.1) is 0 Å². The van der Waals surface area contributed by atoms with Gasteiger partial charge >= 0.3 is 5.97 Å². The summed E-state index contributed by atoms with van der Waals surface area (Å²) in [6.07, 6.45) is 15.2. The number of fused-ring (bicyclic) bond motifs is 2. The number of carbonyl (C=O) groups is 1. The number of carboxylic acids is 1. The minimum absolute atomic E-state index is 0.0220. The number of methoxy groups -OCH3 is 2. The average Bonchev–Trinajstić information content (AvgIpc) is 3.62. The summed E-state index contributed by atoms with van der Waals surface area (Å²) in [6.45, 7) is 7.51. The molecule has 0 aliphatic carbocycles. The Morgan fingerprint density at radius 3 is 1.96 bits per heavy atom. The molecule has 21 heteroatoms. The van der Waals surface area contributed by atoms with Crippen molar-refractivity contribution >= 4 is 53.4 Å². The molecule has 0 saturated heterocycles. The van der Waals surface area contributed by atoms with Gasteiger partial charge in [0.25, 0.3) is 20.2 Å². The fourth-order valence-corrected chi connectivity index (χ4v) is 9.86. The van der Waals surface area contributed by atoms with E-state index in [1.165, 1.54) is 24.3 Å². The second kappa shape index (κ2) is 25.5. The van der Waals surface area contributed by atoms with E-state index in [1.807, 2.05) is 37.0 Å². The van der Waals surface area contributed by atoms with Gasteiger partial charge in [-0.05, 0) is 87.9 Å². The largest absolute Gasteiger partial charge is 0.744 e. The van der Waals surface area contributed by atoms with Gasteiger partial charge in [-0.3, -0.25) is 13.9 Å². The first-order valence-corrected chi connectivity index (χ1v) is 26.4. The maximum Gasteiger partial charge on any atom is 0.303 e. The number of ether oxygens (including phenoxy) is 5. The van der Waals surface area contributed by atoms with Crippen molar-refractivity contribution in [3.05, 3.63) is 95.8 Å². The van der Waals surface area contributed by atoms with Crippen LogP contribution in [0.1, 0.15) is 69.9 Å². The zero-order valence-electron chi connectivity index (χ0n) is 38.5. The highest BCUT2D eigenvalue weighted by atomic mass is 32.2. The van der Waals surface area contributed by atoms with Gasteiger partial charge in [0.05, 0.1) is 67.2 Å². The van der Waals surface area contributed by atoms with Crippen LogP contribution < -0.4 is 4.90 Å². The van der Waals surface area contributed by atoms with E-state index in [9.17, 15) is 43.7 Å². The van der Waals surface area contributed by atoms with Gasteiger partial charge in [-0.25, -0.2) is 8.42 Å². The van der Waals surface area contributed by atoms with Gasteiger partial charge in [-0.2, -0.15) is 21.4 Å². The van der Waals surface area contributed by atoms with Crippen molar-refractivity contribution in [3.8, 4) is 0 Å². The van der Waals surface area contributed by atoms with Crippen LogP contribution in [0.5, 0.6) is 0 Å². The minimum Gasteiger partial charge on any atom is -0.744 e. The van der Waals surface area contributed by atoms with E-state index in [0.29, 0.717) is 101 Å². The van der Waals surface area contributed by atoms with E-state index in [1.54, 1.807) is 50.7 Å². The lowest BCUT2D eigenvalue weighted by Gasteiger charge is -2.30. The van der Waals surface area contributed by atoms with Gasteiger partial charge in [0.15, 0.2) is 5.71 Å². The Labute approximate surface area is 394 Å². The Balaban J connectivity index is 1.65. The Bertz CT molecular complexity index is 2500. The molecule has 67 heavy (non-hydrogen) atoms. The number of hydrogen-bond donors (Lipinski definition) is 3. The molecule has 0 aromatic heterocycles. The van der Waals surface area contributed by atoms with Crippen LogP contribution in [0.25, 0.3) is 0 Å². The molecule has 0 fully saturated rings. The van der Waals surface area contributed by atoms with Crippen molar-refractivity contribution in [1.82, 2.24) is 0 Å². The van der Waals surface area contributed by atoms with E-state index in [4.69, 9.17) is 28.8 Å². The van der Waals surface area contributed by atoms with E-state index in [-0.39, 0.29) is 37.4 Å². The molecule has 2 aromatic rings. The van der Waals surface area contributed by atoms with Crippen molar-refractivity contribution in [2.24, 2.45) is 0 Å². The number of anilines is 1. The Kier molecular flexibility index (Phi) is 21.1. The predicted molar refractivity (Wildman–Crippen MR) is 251 cm³/mol. The lowest BCUT2D eigenvalue weighted by Crippen LogP contribution is -2.33. The van der Waals surface area contributed by atoms with Gasteiger partial charge < -0.3 is 38.2 Å². The monoisotopic (exact) mass is 996 g/mol. The molecule has 2 atom stereocenters. The van der Waals surface area contributed by atoms with Gasteiger partial charge in [-0.1, -0.05) is 30.4 Å². The molecular formula is C46H64N2O16S3.